The van der Waals surface area contributed by atoms with E-state index in [0.717, 1.165) is 6.42 Å². The van der Waals surface area contributed by atoms with Crippen molar-refractivity contribution in [1.29, 1.82) is 0 Å². The number of amides is 1. The maximum absolute atomic E-state index is 12.5. The topological polar surface area (TPSA) is 95.3 Å². The lowest BCUT2D eigenvalue weighted by molar-refractivity contribution is 0.0780. The third-order valence-corrected chi connectivity index (χ3v) is 4.19. The number of likely N-dealkylation sites (tertiary alicyclic amines) is 1. The molecule has 3 heterocycles. The molecule has 128 valence electrons. The van der Waals surface area contributed by atoms with E-state index >= 15 is 0 Å². The molecule has 8 heteroatoms. The van der Waals surface area contributed by atoms with Gasteiger partial charge in [0, 0.05) is 51.7 Å². The summed E-state index contributed by atoms with van der Waals surface area (Å²) < 4.78 is 5.10. The Labute approximate surface area is 139 Å². The summed E-state index contributed by atoms with van der Waals surface area (Å²) in [6.45, 7) is 3.08. The molecular formula is C16H21N5O3. The van der Waals surface area contributed by atoms with Crippen LogP contribution in [0.2, 0.25) is 0 Å². The number of carbonyl (C=O) groups excluding carboxylic acids is 1. The Hall–Kier alpha value is -2.64. The second kappa shape index (κ2) is 6.46. The summed E-state index contributed by atoms with van der Waals surface area (Å²) in [5.74, 6) is 1.12. The molecule has 0 spiro atoms. The zero-order valence-corrected chi connectivity index (χ0v) is 14.1. The molecule has 8 nitrogen and oxygen atoms in total. The van der Waals surface area contributed by atoms with Gasteiger partial charge in [-0.15, -0.1) is 0 Å². The van der Waals surface area contributed by atoms with E-state index in [2.05, 4.69) is 15.1 Å². The average molecular weight is 331 g/mol. The molecule has 1 amide bonds. The lowest BCUT2D eigenvalue weighted by Crippen LogP contribution is -2.29. The molecule has 1 N–H and O–H groups in total. The molecule has 1 aliphatic rings. The highest BCUT2D eigenvalue weighted by Crippen LogP contribution is 2.27. The fraction of sp³-hybridized carbons (Fsp3) is 0.500. The molecular weight excluding hydrogens is 310 g/mol. The van der Waals surface area contributed by atoms with Gasteiger partial charge in [0.2, 0.25) is 5.95 Å². The molecule has 0 saturated carbocycles. The first kappa shape index (κ1) is 16.2. The van der Waals surface area contributed by atoms with Crippen molar-refractivity contribution in [2.45, 2.75) is 25.7 Å². The van der Waals surface area contributed by atoms with E-state index in [4.69, 9.17) is 4.52 Å². The van der Waals surface area contributed by atoms with E-state index in [9.17, 15) is 9.59 Å². The molecule has 0 aliphatic carbocycles. The maximum atomic E-state index is 12.5. The Morgan fingerprint density at radius 1 is 1.46 bits per heavy atom. The number of aromatic nitrogens is 3. The highest BCUT2D eigenvalue weighted by atomic mass is 16.5. The summed E-state index contributed by atoms with van der Waals surface area (Å²) in [5, 5.41) is 3.84. The van der Waals surface area contributed by atoms with E-state index < -0.39 is 0 Å². The van der Waals surface area contributed by atoms with Gasteiger partial charge in [-0.2, -0.15) is 0 Å². The summed E-state index contributed by atoms with van der Waals surface area (Å²) in [5.41, 5.74) is 0.866. The number of aryl methyl sites for hydroxylation is 1. The van der Waals surface area contributed by atoms with Crippen LogP contribution in [0.3, 0.4) is 0 Å². The maximum Gasteiger partial charge on any atom is 0.276 e. The number of anilines is 1. The Morgan fingerprint density at radius 2 is 2.25 bits per heavy atom. The molecule has 2 aromatic heterocycles. The summed E-state index contributed by atoms with van der Waals surface area (Å²) in [6, 6.07) is 3.20. The third-order valence-electron chi connectivity index (χ3n) is 4.19. The van der Waals surface area contributed by atoms with Crippen LogP contribution in [-0.2, 0) is 6.42 Å². The summed E-state index contributed by atoms with van der Waals surface area (Å²) in [4.78, 5) is 35.0. The smallest absolute Gasteiger partial charge is 0.276 e. The minimum Gasteiger partial charge on any atom is -0.361 e. The normalized spacial score (nSPS) is 17.3. The second-order valence-electron chi connectivity index (χ2n) is 6.16. The van der Waals surface area contributed by atoms with Gasteiger partial charge in [-0.3, -0.25) is 14.6 Å². The van der Waals surface area contributed by atoms with Crippen molar-refractivity contribution in [3.8, 4) is 0 Å². The van der Waals surface area contributed by atoms with Crippen LogP contribution in [-0.4, -0.2) is 53.1 Å². The predicted molar refractivity (Wildman–Crippen MR) is 88.3 cm³/mol. The third kappa shape index (κ3) is 3.17. The molecule has 1 fully saturated rings. The minimum absolute atomic E-state index is 0.0486. The molecule has 24 heavy (non-hydrogen) atoms. The van der Waals surface area contributed by atoms with E-state index in [-0.39, 0.29) is 17.4 Å². The largest absolute Gasteiger partial charge is 0.361 e. The molecule has 0 radical (unpaired) electrons. The lowest BCUT2D eigenvalue weighted by Gasteiger charge is -2.16. The van der Waals surface area contributed by atoms with Crippen molar-refractivity contribution in [1.82, 2.24) is 20.0 Å². The van der Waals surface area contributed by atoms with Crippen LogP contribution in [0.25, 0.3) is 0 Å². The Kier molecular flexibility index (Phi) is 4.37. The number of nitrogens with zero attached hydrogens (tertiary/aromatic N) is 4. The van der Waals surface area contributed by atoms with Crippen molar-refractivity contribution in [2.75, 3.05) is 32.1 Å². The van der Waals surface area contributed by atoms with Gasteiger partial charge in [0.25, 0.3) is 11.5 Å². The number of nitrogens with one attached hydrogen (secondary N) is 1. The molecule has 0 bridgehead atoms. The van der Waals surface area contributed by atoms with E-state index in [1.165, 1.54) is 6.07 Å². The zero-order chi connectivity index (χ0) is 17.3. The Balaban J connectivity index is 1.75. The molecule has 0 aromatic carbocycles. The molecule has 1 saturated heterocycles. The summed E-state index contributed by atoms with van der Waals surface area (Å²) >= 11 is 0. The number of hydrogen-bond donors (Lipinski definition) is 1. The lowest BCUT2D eigenvalue weighted by atomic mass is 10.1. The van der Waals surface area contributed by atoms with Gasteiger partial charge in [-0.05, 0) is 6.42 Å². The molecule has 3 rings (SSSR count). The number of carbonyl (C=O) groups is 1. The van der Waals surface area contributed by atoms with Gasteiger partial charge in [-0.25, -0.2) is 4.98 Å². The predicted octanol–water partition coefficient (Wildman–Crippen LogP) is 1.02. The zero-order valence-electron chi connectivity index (χ0n) is 14.1. The van der Waals surface area contributed by atoms with Crippen LogP contribution in [0.15, 0.2) is 21.5 Å². The first-order valence-corrected chi connectivity index (χ1v) is 8.01. The highest BCUT2D eigenvalue weighted by molar-refractivity contribution is 5.92. The van der Waals surface area contributed by atoms with Crippen LogP contribution in [0.1, 0.15) is 41.2 Å². The molecule has 1 atom stereocenters. The number of rotatable bonds is 4. The van der Waals surface area contributed by atoms with Gasteiger partial charge in [0.05, 0.1) is 5.69 Å². The SMILES string of the molecule is CCc1cc(C(=O)N2CC[C@H](c3cc(=O)[nH]c(N(C)C)n3)C2)no1. The first-order chi connectivity index (χ1) is 11.5. The first-order valence-electron chi connectivity index (χ1n) is 8.01. The number of hydrogen-bond acceptors (Lipinski definition) is 6. The summed E-state index contributed by atoms with van der Waals surface area (Å²) in [6.07, 6.45) is 1.47. The van der Waals surface area contributed by atoms with Gasteiger partial charge in [0.1, 0.15) is 5.76 Å². The van der Waals surface area contributed by atoms with Crippen molar-refractivity contribution in [2.24, 2.45) is 0 Å². The van der Waals surface area contributed by atoms with E-state index in [1.807, 2.05) is 21.0 Å². The van der Waals surface area contributed by atoms with E-state index in [1.54, 1.807) is 15.9 Å². The van der Waals surface area contributed by atoms with Crippen LogP contribution in [0.4, 0.5) is 5.95 Å². The van der Waals surface area contributed by atoms with Gasteiger partial charge in [-0.1, -0.05) is 12.1 Å². The molecule has 1 aliphatic heterocycles. The minimum atomic E-state index is -0.183. The van der Waals surface area contributed by atoms with Crippen LogP contribution in [0, 0.1) is 0 Å². The second-order valence-corrected chi connectivity index (χ2v) is 6.16. The summed E-state index contributed by atoms with van der Waals surface area (Å²) in [7, 11) is 3.64. The van der Waals surface area contributed by atoms with E-state index in [0.29, 0.717) is 42.6 Å². The van der Waals surface area contributed by atoms with Crippen molar-refractivity contribution < 1.29 is 9.32 Å². The van der Waals surface area contributed by atoms with Gasteiger partial charge < -0.3 is 14.3 Å². The van der Waals surface area contributed by atoms with Crippen molar-refractivity contribution in [3.63, 3.8) is 0 Å². The Morgan fingerprint density at radius 3 is 2.92 bits per heavy atom. The van der Waals surface area contributed by atoms with Crippen LogP contribution in [0.5, 0.6) is 0 Å². The molecule has 0 unspecified atom stereocenters. The Bertz CT molecular complexity index is 795. The molecule has 2 aromatic rings. The average Bonchev–Trinajstić information content (AvgIpc) is 3.23. The van der Waals surface area contributed by atoms with Crippen LogP contribution < -0.4 is 10.5 Å². The van der Waals surface area contributed by atoms with Gasteiger partial charge >= 0.3 is 0 Å². The highest BCUT2D eigenvalue weighted by Gasteiger charge is 2.30. The van der Waals surface area contributed by atoms with Gasteiger partial charge in [0.15, 0.2) is 5.69 Å². The standard InChI is InChI=1S/C16H21N5O3/c1-4-11-7-13(19-24-11)15(23)21-6-5-10(9-21)12-8-14(22)18-16(17-12)20(2)3/h7-8,10H,4-6,9H2,1-3H3,(H,17,18,22)/t10-/m0/s1. The van der Waals surface area contributed by atoms with Crippen LogP contribution >= 0.6 is 0 Å². The van der Waals surface area contributed by atoms with Crippen molar-refractivity contribution in [3.05, 3.63) is 39.6 Å². The van der Waals surface area contributed by atoms with Crippen molar-refractivity contribution >= 4 is 11.9 Å². The number of aromatic amines is 1. The number of H-pyrrole nitrogens is 1. The fourth-order valence-electron chi connectivity index (χ4n) is 2.81. The monoisotopic (exact) mass is 331 g/mol. The quantitative estimate of drug-likeness (QED) is 0.898. The fourth-order valence-corrected chi connectivity index (χ4v) is 2.81.